The van der Waals surface area contributed by atoms with Crippen molar-refractivity contribution in [3.8, 4) is 0 Å². The summed E-state index contributed by atoms with van der Waals surface area (Å²) in [6.07, 6.45) is 3.55. The second-order valence-electron chi connectivity index (χ2n) is 9.68. The van der Waals surface area contributed by atoms with E-state index in [2.05, 4.69) is 35.2 Å². The monoisotopic (exact) mass is 463 g/mol. The molecule has 2 aliphatic rings. The second-order valence-corrected chi connectivity index (χ2v) is 9.68. The highest BCUT2D eigenvalue weighted by Crippen LogP contribution is 2.30. The highest BCUT2D eigenvalue weighted by Gasteiger charge is 2.30. The van der Waals surface area contributed by atoms with Gasteiger partial charge in [-0.25, -0.2) is 9.80 Å². The van der Waals surface area contributed by atoms with Crippen molar-refractivity contribution in [1.29, 1.82) is 0 Å². The molecule has 1 aromatic carbocycles. The Bertz CT molecular complexity index is 1340. The number of imidazole rings is 1. The van der Waals surface area contributed by atoms with Crippen LogP contribution in [0, 0.1) is 5.92 Å². The molecule has 1 unspecified atom stereocenters. The van der Waals surface area contributed by atoms with E-state index in [1.54, 1.807) is 7.05 Å². The number of anilines is 1. The summed E-state index contributed by atoms with van der Waals surface area (Å²) in [5.41, 5.74) is 2.51. The van der Waals surface area contributed by atoms with Crippen molar-refractivity contribution in [2.75, 3.05) is 31.2 Å². The number of hydrogen-bond donors (Lipinski definition) is 0. The number of fused-ring (bicyclic) bond motifs is 3. The molecular formula is C25H33N7O2. The van der Waals surface area contributed by atoms with Gasteiger partial charge in [0, 0.05) is 20.6 Å². The minimum atomic E-state index is -0.372. The first kappa shape index (κ1) is 22.6. The van der Waals surface area contributed by atoms with E-state index in [0.29, 0.717) is 23.7 Å². The molecule has 0 bridgehead atoms. The molecule has 1 fully saturated rings. The van der Waals surface area contributed by atoms with E-state index in [1.807, 2.05) is 23.4 Å². The van der Waals surface area contributed by atoms with Crippen molar-refractivity contribution >= 4 is 22.8 Å². The van der Waals surface area contributed by atoms with Crippen molar-refractivity contribution in [1.82, 2.24) is 23.6 Å². The van der Waals surface area contributed by atoms with Gasteiger partial charge in [-0.05, 0) is 57.7 Å². The van der Waals surface area contributed by atoms with Crippen LogP contribution in [-0.2, 0) is 20.5 Å². The van der Waals surface area contributed by atoms with Crippen molar-refractivity contribution in [3.63, 3.8) is 0 Å². The number of hydrogen-bond acceptors (Lipinski definition) is 6. The van der Waals surface area contributed by atoms with E-state index in [9.17, 15) is 9.59 Å². The Morgan fingerprint density at radius 3 is 2.41 bits per heavy atom. The quantitative estimate of drug-likeness (QED) is 0.579. The molecule has 9 heteroatoms. The molecule has 1 saturated heterocycles. The van der Waals surface area contributed by atoms with Crippen molar-refractivity contribution in [2.45, 2.75) is 39.2 Å². The molecule has 1 atom stereocenters. The van der Waals surface area contributed by atoms with Crippen LogP contribution >= 0.6 is 0 Å². The first-order valence-corrected chi connectivity index (χ1v) is 12.1. The molecule has 2 aliphatic heterocycles. The van der Waals surface area contributed by atoms with E-state index < -0.39 is 0 Å². The lowest BCUT2D eigenvalue weighted by Crippen LogP contribution is -2.41. The van der Waals surface area contributed by atoms with Crippen LogP contribution in [0.1, 0.15) is 38.3 Å². The molecule has 3 aromatic rings. The predicted octanol–water partition coefficient (Wildman–Crippen LogP) is 2.15. The van der Waals surface area contributed by atoms with Gasteiger partial charge in [-0.1, -0.05) is 30.3 Å². The molecule has 0 radical (unpaired) electrons. The Hall–Kier alpha value is -3.20. The third-order valence-electron chi connectivity index (χ3n) is 7.48. The standard InChI is InChI=1S/C25H33N7O2/c1-17-18(2)32-21-22(28(3)25(34)29(4)23(21)33)26-24(32)31(27-17)15-14-30-12-10-20(11-13-30)16-19-8-6-5-7-9-19/h5-9,18,20H,10-16H2,1-4H3. The normalized spacial score (nSPS) is 19.5. The van der Waals surface area contributed by atoms with E-state index in [0.717, 1.165) is 42.3 Å². The molecule has 34 heavy (non-hydrogen) atoms. The number of likely N-dealkylation sites (tertiary alicyclic amines) is 1. The van der Waals surface area contributed by atoms with Crippen LogP contribution in [0.15, 0.2) is 45.0 Å². The van der Waals surface area contributed by atoms with Crippen LogP contribution in [0.3, 0.4) is 0 Å². The average Bonchev–Trinajstić information content (AvgIpc) is 3.26. The molecule has 0 amide bonds. The molecule has 5 rings (SSSR count). The van der Waals surface area contributed by atoms with Gasteiger partial charge >= 0.3 is 5.69 Å². The third kappa shape index (κ3) is 3.87. The summed E-state index contributed by atoms with van der Waals surface area (Å²) in [5, 5.41) is 6.70. The SMILES string of the molecule is CC1=NN(CCN2CCC(Cc3ccccc3)CC2)c2nc3c(c(=O)n(C)c(=O)n3C)n2C1C. The van der Waals surface area contributed by atoms with Gasteiger partial charge in [0.2, 0.25) is 5.95 Å². The number of hydrazone groups is 1. The second kappa shape index (κ2) is 8.87. The van der Waals surface area contributed by atoms with Gasteiger partial charge in [0.25, 0.3) is 5.56 Å². The Labute approximate surface area is 198 Å². The minimum absolute atomic E-state index is 0.102. The lowest BCUT2D eigenvalue weighted by molar-refractivity contribution is 0.187. The number of piperidine rings is 1. The largest absolute Gasteiger partial charge is 0.332 e. The summed E-state index contributed by atoms with van der Waals surface area (Å²) in [6.45, 7) is 7.72. The van der Waals surface area contributed by atoms with Crippen LogP contribution in [0.2, 0.25) is 0 Å². The van der Waals surface area contributed by atoms with Crippen molar-refractivity contribution in [2.24, 2.45) is 25.1 Å². The summed E-state index contributed by atoms with van der Waals surface area (Å²) in [5.74, 6) is 1.36. The topological polar surface area (TPSA) is 80.7 Å². The number of aryl methyl sites for hydroxylation is 1. The van der Waals surface area contributed by atoms with Crippen LogP contribution in [0.5, 0.6) is 0 Å². The zero-order valence-corrected chi connectivity index (χ0v) is 20.4. The van der Waals surface area contributed by atoms with E-state index in [4.69, 9.17) is 10.1 Å². The maximum Gasteiger partial charge on any atom is 0.332 e. The maximum absolute atomic E-state index is 13.0. The predicted molar refractivity (Wildman–Crippen MR) is 135 cm³/mol. The van der Waals surface area contributed by atoms with Gasteiger partial charge in [0.05, 0.1) is 18.3 Å². The van der Waals surface area contributed by atoms with Gasteiger partial charge in [0.15, 0.2) is 11.2 Å². The molecule has 0 aliphatic carbocycles. The first-order valence-electron chi connectivity index (χ1n) is 12.1. The zero-order chi connectivity index (χ0) is 24.0. The van der Waals surface area contributed by atoms with Crippen LogP contribution in [0.4, 0.5) is 5.95 Å². The minimum Gasteiger partial charge on any atom is -0.301 e. The van der Waals surface area contributed by atoms with Crippen LogP contribution < -0.4 is 16.3 Å². The summed E-state index contributed by atoms with van der Waals surface area (Å²) in [6, 6.07) is 10.7. The van der Waals surface area contributed by atoms with Gasteiger partial charge in [-0.15, -0.1) is 0 Å². The van der Waals surface area contributed by atoms with Gasteiger partial charge in [0.1, 0.15) is 0 Å². The summed E-state index contributed by atoms with van der Waals surface area (Å²) in [4.78, 5) is 32.6. The number of nitrogens with zero attached hydrogens (tertiary/aromatic N) is 7. The number of rotatable bonds is 5. The Kier molecular flexibility index (Phi) is 5.89. The van der Waals surface area contributed by atoms with E-state index in [1.165, 1.54) is 30.0 Å². The fourth-order valence-electron chi connectivity index (χ4n) is 5.21. The lowest BCUT2D eigenvalue weighted by Gasteiger charge is -2.34. The Morgan fingerprint density at radius 2 is 1.71 bits per heavy atom. The maximum atomic E-state index is 13.0. The van der Waals surface area contributed by atoms with E-state index >= 15 is 0 Å². The van der Waals surface area contributed by atoms with E-state index in [-0.39, 0.29) is 17.3 Å². The fourth-order valence-corrected chi connectivity index (χ4v) is 5.21. The van der Waals surface area contributed by atoms with Crippen molar-refractivity contribution in [3.05, 3.63) is 56.7 Å². The number of benzene rings is 1. The molecule has 0 spiro atoms. The molecule has 180 valence electrons. The first-order chi connectivity index (χ1) is 16.3. The van der Waals surface area contributed by atoms with Crippen LogP contribution in [0.25, 0.3) is 11.2 Å². The number of aromatic nitrogens is 4. The van der Waals surface area contributed by atoms with Gasteiger partial charge in [-0.2, -0.15) is 10.1 Å². The summed E-state index contributed by atoms with van der Waals surface area (Å²) in [7, 11) is 3.17. The lowest BCUT2D eigenvalue weighted by atomic mass is 9.90. The highest BCUT2D eigenvalue weighted by atomic mass is 16.2. The fraction of sp³-hybridized carbons (Fsp3) is 0.520. The molecule has 0 saturated carbocycles. The Morgan fingerprint density at radius 1 is 1.00 bits per heavy atom. The average molecular weight is 464 g/mol. The smallest absolute Gasteiger partial charge is 0.301 e. The Balaban J connectivity index is 1.32. The molecule has 4 heterocycles. The highest BCUT2D eigenvalue weighted by molar-refractivity contribution is 5.91. The molecule has 9 nitrogen and oxygen atoms in total. The third-order valence-corrected chi connectivity index (χ3v) is 7.48. The summed E-state index contributed by atoms with van der Waals surface area (Å²) < 4.78 is 4.53. The van der Waals surface area contributed by atoms with Gasteiger partial charge in [-0.3, -0.25) is 18.5 Å². The molecule has 2 aromatic heterocycles. The molecular weight excluding hydrogens is 430 g/mol. The summed E-state index contributed by atoms with van der Waals surface area (Å²) >= 11 is 0. The zero-order valence-electron chi connectivity index (χ0n) is 20.4. The molecule has 0 N–H and O–H groups in total. The van der Waals surface area contributed by atoms with Crippen LogP contribution in [-0.4, -0.2) is 55.5 Å². The van der Waals surface area contributed by atoms with Gasteiger partial charge < -0.3 is 4.90 Å². The van der Waals surface area contributed by atoms with Crippen molar-refractivity contribution < 1.29 is 0 Å².